The molecule has 0 radical (unpaired) electrons. The fourth-order valence-corrected chi connectivity index (χ4v) is 2.06. The lowest BCUT2D eigenvalue weighted by molar-refractivity contribution is -0.385. The molecular formula is C16H15N3O4. The first-order chi connectivity index (χ1) is 11.0. The maximum atomic E-state index is 12.0. The maximum Gasteiger partial charge on any atom is 0.273 e. The van der Waals surface area contributed by atoms with Gasteiger partial charge in [0, 0.05) is 29.9 Å². The van der Waals surface area contributed by atoms with E-state index in [0.717, 1.165) is 0 Å². The molecule has 0 aliphatic carbocycles. The minimum atomic E-state index is -0.509. The summed E-state index contributed by atoms with van der Waals surface area (Å²) in [4.78, 5) is 33.4. The molecule has 2 rings (SSSR count). The van der Waals surface area contributed by atoms with Crippen molar-refractivity contribution in [3.8, 4) is 0 Å². The van der Waals surface area contributed by atoms with Crippen LogP contribution in [0.1, 0.15) is 12.5 Å². The van der Waals surface area contributed by atoms with Crippen LogP contribution in [0.2, 0.25) is 0 Å². The van der Waals surface area contributed by atoms with Gasteiger partial charge in [-0.25, -0.2) is 0 Å². The van der Waals surface area contributed by atoms with Crippen molar-refractivity contribution < 1.29 is 14.5 Å². The third kappa shape index (κ3) is 4.63. The molecule has 0 aromatic heterocycles. The fourth-order valence-electron chi connectivity index (χ4n) is 2.06. The van der Waals surface area contributed by atoms with Gasteiger partial charge in [-0.3, -0.25) is 19.7 Å². The first kappa shape index (κ1) is 16.2. The molecule has 0 heterocycles. The van der Waals surface area contributed by atoms with E-state index in [0.29, 0.717) is 16.9 Å². The number of para-hydroxylation sites is 1. The Morgan fingerprint density at radius 3 is 2.13 bits per heavy atom. The first-order valence-electron chi connectivity index (χ1n) is 6.85. The van der Waals surface area contributed by atoms with E-state index in [-0.39, 0.29) is 23.9 Å². The van der Waals surface area contributed by atoms with E-state index in [1.54, 1.807) is 42.5 Å². The monoisotopic (exact) mass is 313 g/mol. The molecule has 0 fully saturated rings. The number of nitro groups is 1. The lowest BCUT2D eigenvalue weighted by Crippen LogP contribution is -2.15. The van der Waals surface area contributed by atoms with Crippen LogP contribution in [0.15, 0.2) is 48.5 Å². The number of hydrogen-bond donors (Lipinski definition) is 2. The molecule has 0 bridgehead atoms. The Kier molecular flexibility index (Phi) is 5.03. The highest BCUT2D eigenvalue weighted by Crippen LogP contribution is 2.19. The number of carbonyl (C=O) groups excluding carboxylic acids is 2. The van der Waals surface area contributed by atoms with Crippen molar-refractivity contribution in [3.63, 3.8) is 0 Å². The Morgan fingerprint density at radius 2 is 1.57 bits per heavy atom. The number of rotatable bonds is 5. The van der Waals surface area contributed by atoms with Crippen molar-refractivity contribution in [2.75, 3.05) is 10.6 Å². The van der Waals surface area contributed by atoms with Crippen LogP contribution in [-0.2, 0) is 16.0 Å². The number of hydrogen-bond acceptors (Lipinski definition) is 4. The standard InChI is InChI=1S/C16H15N3O4/c1-11(20)17-13-6-8-14(9-7-13)18-16(21)10-12-4-2-3-5-15(12)19(22)23/h2-9H,10H2,1H3,(H,17,20)(H,18,21). The van der Waals surface area contributed by atoms with Crippen LogP contribution in [-0.4, -0.2) is 16.7 Å². The van der Waals surface area contributed by atoms with Crippen LogP contribution in [0.5, 0.6) is 0 Å². The fraction of sp³-hybridized carbons (Fsp3) is 0.125. The molecule has 0 unspecified atom stereocenters. The van der Waals surface area contributed by atoms with Crippen molar-refractivity contribution in [2.24, 2.45) is 0 Å². The van der Waals surface area contributed by atoms with Gasteiger partial charge in [0.1, 0.15) is 0 Å². The van der Waals surface area contributed by atoms with E-state index >= 15 is 0 Å². The third-order valence-corrected chi connectivity index (χ3v) is 3.03. The molecule has 7 heteroatoms. The molecule has 23 heavy (non-hydrogen) atoms. The second-order valence-corrected chi connectivity index (χ2v) is 4.87. The van der Waals surface area contributed by atoms with Gasteiger partial charge in [-0.1, -0.05) is 18.2 Å². The van der Waals surface area contributed by atoms with Crippen LogP contribution in [0, 0.1) is 10.1 Å². The van der Waals surface area contributed by atoms with Gasteiger partial charge in [-0.05, 0) is 24.3 Å². The highest BCUT2D eigenvalue weighted by atomic mass is 16.6. The second-order valence-electron chi connectivity index (χ2n) is 4.87. The quantitative estimate of drug-likeness (QED) is 0.654. The summed E-state index contributed by atoms with van der Waals surface area (Å²) in [5, 5.41) is 16.2. The maximum absolute atomic E-state index is 12.0. The molecule has 0 spiro atoms. The Balaban J connectivity index is 2.02. The number of benzene rings is 2. The van der Waals surface area contributed by atoms with E-state index in [1.165, 1.54) is 13.0 Å². The Labute approximate surface area is 132 Å². The summed E-state index contributed by atoms with van der Waals surface area (Å²) in [7, 11) is 0. The van der Waals surface area contributed by atoms with Gasteiger partial charge in [0.2, 0.25) is 11.8 Å². The molecule has 0 atom stereocenters. The second kappa shape index (κ2) is 7.17. The molecule has 2 aromatic carbocycles. The SMILES string of the molecule is CC(=O)Nc1ccc(NC(=O)Cc2ccccc2[N+](=O)[O-])cc1. The molecular weight excluding hydrogens is 298 g/mol. The van der Waals surface area contributed by atoms with E-state index in [4.69, 9.17) is 0 Å². The minimum Gasteiger partial charge on any atom is -0.326 e. The summed E-state index contributed by atoms with van der Waals surface area (Å²) in [6, 6.07) is 12.7. The molecule has 2 amide bonds. The molecule has 7 nitrogen and oxygen atoms in total. The predicted molar refractivity (Wildman–Crippen MR) is 86.2 cm³/mol. The van der Waals surface area contributed by atoms with Crippen molar-refractivity contribution in [3.05, 3.63) is 64.2 Å². The average Bonchev–Trinajstić information content (AvgIpc) is 2.49. The van der Waals surface area contributed by atoms with E-state index in [2.05, 4.69) is 10.6 Å². The largest absolute Gasteiger partial charge is 0.326 e. The van der Waals surface area contributed by atoms with E-state index in [1.807, 2.05) is 0 Å². The summed E-state index contributed by atoms with van der Waals surface area (Å²) >= 11 is 0. The van der Waals surface area contributed by atoms with Crippen molar-refractivity contribution >= 4 is 28.9 Å². The van der Waals surface area contributed by atoms with Crippen LogP contribution in [0.25, 0.3) is 0 Å². The van der Waals surface area contributed by atoms with E-state index < -0.39 is 4.92 Å². The molecule has 0 aliphatic rings. The topological polar surface area (TPSA) is 101 Å². The normalized spacial score (nSPS) is 9.96. The smallest absolute Gasteiger partial charge is 0.273 e. The van der Waals surface area contributed by atoms with Crippen LogP contribution in [0.4, 0.5) is 17.1 Å². The zero-order valence-electron chi connectivity index (χ0n) is 12.4. The minimum absolute atomic E-state index is 0.0799. The number of carbonyl (C=O) groups is 2. The summed E-state index contributed by atoms with van der Waals surface area (Å²) in [6.07, 6.45) is -0.0927. The highest BCUT2D eigenvalue weighted by molar-refractivity contribution is 5.93. The molecule has 2 aromatic rings. The molecule has 0 saturated heterocycles. The Hall–Kier alpha value is -3.22. The van der Waals surface area contributed by atoms with Crippen molar-refractivity contribution in [1.29, 1.82) is 0 Å². The number of nitro benzene ring substituents is 1. The number of amides is 2. The lowest BCUT2D eigenvalue weighted by atomic mass is 10.1. The lowest BCUT2D eigenvalue weighted by Gasteiger charge is -2.07. The average molecular weight is 313 g/mol. The molecule has 0 saturated carbocycles. The first-order valence-corrected chi connectivity index (χ1v) is 6.85. The van der Waals surface area contributed by atoms with Gasteiger partial charge < -0.3 is 10.6 Å². The number of anilines is 2. The van der Waals surface area contributed by atoms with Gasteiger partial charge >= 0.3 is 0 Å². The van der Waals surface area contributed by atoms with E-state index in [9.17, 15) is 19.7 Å². The van der Waals surface area contributed by atoms with Crippen LogP contribution < -0.4 is 10.6 Å². The van der Waals surface area contributed by atoms with Crippen molar-refractivity contribution in [1.82, 2.24) is 0 Å². The molecule has 118 valence electrons. The summed E-state index contributed by atoms with van der Waals surface area (Å²) in [6.45, 7) is 1.41. The van der Waals surface area contributed by atoms with Crippen LogP contribution >= 0.6 is 0 Å². The third-order valence-electron chi connectivity index (χ3n) is 3.03. The Morgan fingerprint density at radius 1 is 1.00 bits per heavy atom. The predicted octanol–water partition coefficient (Wildman–Crippen LogP) is 2.73. The van der Waals surface area contributed by atoms with Gasteiger partial charge in [-0.15, -0.1) is 0 Å². The molecule has 2 N–H and O–H groups in total. The highest BCUT2D eigenvalue weighted by Gasteiger charge is 2.15. The van der Waals surface area contributed by atoms with Gasteiger partial charge in [0.25, 0.3) is 5.69 Å². The zero-order chi connectivity index (χ0) is 16.8. The zero-order valence-corrected chi connectivity index (χ0v) is 12.4. The van der Waals surface area contributed by atoms with Gasteiger partial charge in [0.15, 0.2) is 0 Å². The number of nitrogens with one attached hydrogen (secondary N) is 2. The van der Waals surface area contributed by atoms with Crippen LogP contribution in [0.3, 0.4) is 0 Å². The molecule has 0 aliphatic heterocycles. The summed E-state index contributed by atoms with van der Waals surface area (Å²) < 4.78 is 0. The Bertz CT molecular complexity index is 741. The van der Waals surface area contributed by atoms with Crippen molar-refractivity contribution in [2.45, 2.75) is 13.3 Å². The number of nitrogens with zero attached hydrogens (tertiary/aromatic N) is 1. The van der Waals surface area contributed by atoms with Gasteiger partial charge in [0.05, 0.1) is 11.3 Å². The summed E-state index contributed by atoms with van der Waals surface area (Å²) in [5.41, 5.74) is 1.44. The van der Waals surface area contributed by atoms with Gasteiger partial charge in [-0.2, -0.15) is 0 Å². The summed E-state index contributed by atoms with van der Waals surface area (Å²) in [5.74, 6) is -0.537.